The Kier molecular flexibility index (Phi) is 4.33. The zero-order valence-corrected chi connectivity index (χ0v) is 14.4. The lowest BCUT2D eigenvalue weighted by molar-refractivity contribution is -0.137. The number of carbonyl (C=O) groups is 1. The van der Waals surface area contributed by atoms with Crippen LogP contribution in [0.15, 0.2) is 29.1 Å². The van der Waals surface area contributed by atoms with E-state index in [0.717, 1.165) is 18.4 Å². The molecule has 1 saturated heterocycles. The van der Waals surface area contributed by atoms with Gasteiger partial charge in [0.25, 0.3) is 11.5 Å². The summed E-state index contributed by atoms with van der Waals surface area (Å²) in [5.41, 5.74) is -1.88. The molecule has 3 rings (SSSR count). The number of sulfone groups is 1. The van der Waals surface area contributed by atoms with E-state index in [1.165, 1.54) is 17.0 Å². The second kappa shape index (κ2) is 6.11. The van der Waals surface area contributed by atoms with Crippen molar-refractivity contribution in [2.24, 2.45) is 5.92 Å². The summed E-state index contributed by atoms with van der Waals surface area (Å²) in [7, 11) is -3.15. The van der Waals surface area contributed by atoms with E-state index in [1.54, 1.807) is 0 Å². The molecule has 1 fully saturated rings. The molecular formula is C16H15F3N2O4S. The summed E-state index contributed by atoms with van der Waals surface area (Å²) in [6.45, 7) is 0.437. The average molecular weight is 388 g/mol. The Morgan fingerprint density at radius 2 is 1.92 bits per heavy atom. The number of benzene rings is 1. The highest BCUT2D eigenvalue weighted by molar-refractivity contribution is 7.90. The summed E-state index contributed by atoms with van der Waals surface area (Å²) in [6.07, 6.45) is -3.42. The Balaban J connectivity index is 1.84. The van der Waals surface area contributed by atoms with Crippen LogP contribution in [0.4, 0.5) is 13.2 Å². The van der Waals surface area contributed by atoms with Gasteiger partial charge < -0.3 is 9.88 Å². The molecule has 0 bridgehead atoms. The first-order valence-corrected chi connectivity index (χ1v) is 9.71. The third-order valence-electron chi connectivity index (χ3n) is 4.19. The van der Waals surface area contributed by atoms with Crippen LogP contribution in [-0.4, -0.2) is 49.3 Å². The van der Waals surface area contributed by atoms with Crippen LogP contribution in [0, 0.1) is 5.92 Å². The smallest absolute Gasteiger partial charge is 0.338 e. The maximum Gasteiger partial charge on any atom is 0.416 e. The number of likely N-dealkylation sites (tertiary alicyclic amines) is 1. The fraction of sp³-hybridized carbons (Fsp3) is 0.375. The van der Waals surface area contributed by atoms with Gasteiger partial charge in [-0.15, -0.1) is 0 Å². The number of alkyl halides is 3. The Morgan fingerprint density at radius 1 is 1.27 bits per heavy atom. The molecule has 0 radical (unpaired) electrons. The molecule has 1 N–H and O–H groups in total. The Bertz CT molecular complexity index is 1040. The number of nitrogens with zero attached hydrogens (tertiary/aromatic N) is 1. The average Bonchev–Trinajstić information content (AvgIpc) is 2.46. The van der Waals surface area contributed by atoms with Crippen molar-refractivity contribution in [3.63, 3.8) is 0 Å². The first kappa shape index (κ1) is 18.4. The summed E-state index contributed by atoms with van der Waals surface area (Å²) >= 11 is 0. The number of nitrogens with one attached hydrogen (secondary N) is 1. The molecule has 0 spiro atoms. The molecule has 1 aromatic heterocycles. The van der Waals surface area contributed by atoms with Crippen LogP contribution < -0.4 is 5.56 Å². The quantitative estimate of drug-likeness (QED) is 0.867. The molecule has 2 aromatic rings. The fourth-order valence-electron chi connectivity index (χ4n) is 2.98. The Labute approximate surface area is 146 Å². The van der Waals surface area contributed by atoms with Crippen molar-refractivity contribution >= 4 is 26.6 Å². The van der Waals surface area contributed by atoms with Crippen LogP contribution in [0.25, 0.3) is 10.9 Å². The number of hydrogen-bond donors (Lipinski definition) is 1. The topological polar surface area (TPSA) is 87.3 Å². The van der Waals surface area contributed by atoms with Crippen LogP contribution in [0.2, 0.25) is 0 Å². The van der Waals surface area contributed by atoms with Crippen molar-refractivity contribution in [1.82, 2.24) is 9.88 Å². The molecule has 0 unspecified atom stereocenters. The molecule has 2 heterocycles. The molecular weight excluding hydrogens is 373 g/mol. The molecule has 0 aliphatic carbocycles. The van der Waals surface area contributed by atoms with Gasteiger partial charge in [0.15, 0.2) is 0 Å². The van der Waals surface area contributed by atoms with Gasteiger partial charge in [0.2, 0.25) is 0 Å². The molecule has 140 valence electrons. The van der Waals surface area contributed by atoms with Gasteiger partial charge in [-0.3, -0.25) is 9.59 Å². The predicted octanol–water partition coefficient (Wildman–Crippen LogP) is 1.66. The lowest BCUT2D eigenvalue weighted by atomic mass is 10.0. The highest BCUT2D eigenvalue weighted by atomic mass is 32.2. The summed E-state index contributed by atoms with van der Waals surface area (Å²) in [5, 5.41) is 0.300. The minimum absolute atomic E-state index is 0.0139. The Hall–Kier alpha value is -2.36. The van der Waals surface area contributed by atoms with E-state index in [9.17, 15) is 31.2 Å². The number of amides is 1. The van der Waals surface area contributed by atoms with Crippen LogP contribution in [-0.2, 0) is 16.0 Å². The summed E-state index contributed by atoms with van der Waals surface area (Å²) in [5.74, 6) is -0.786. The van der Waals surface area contributed by atoms with Gasteiger partial charge in [0, 0.05) is 30.8 Å². The summed E-state index contributed by atoms with van der Waals surface area (Å²) in [4.78, 5) is 28.2. The maximum absolute atomic E-state index is 12.7. The van der Waals surface area contributed by atoms with Crippen molar-refractivity contribution in [3.8, 4) is 0 Å². The van der Waals surface area contributed by atoms with E-state index >= 15 is 0 Å². The first-order valence-electron chi connectivity index (χ1n) is 7.65. The predicted molar refractivity (Wildman–Crippen MR) is 88.7 cm³/mol. The molecule has 1 aliphatic rings. The van der Waals surface area contributed by atoms with Gasteiger partial charge in [0.1, 0.15) is 15.4 Å². The third kappa shape index (κ3) is 3.74. The minimum Gasteiger partial charge on any atom is -0.338 e. The molecule has 6 nitrogen and oxygen atoms in total. The van der Waals surface area contributed by atoms with Crippen LogP contribution in [0.5, 0.6) is 0 Å². The van der Waals surface area contributed by atoms with Gasteiger partial charge in [-0.25, -0.2) is 8.42 Å². The number of rotatable bonds is 3. The van der Waals surface area contributed by atoms with Crippen molar-refractivity contribution in [3.05, 3.63) is 45.7 Å². The van der Waals surface area contributed by atoms with E-state index in [2.05, 4.69) is 4.98 Å². The van der Waals surface area contributed by atoms with Crippen molar-refractivity contribution < 1.29 is 26.4 Å². The molecule has 0 atom stereocenters. The van der Waals surface area contributed by atoms with E-state index in [-0.39, 0.29) is 35.8 Å². The minimum atomic E-state index is -4.54. The van der Waals surface area contributed by atoms with Crippen molar-refractivity contribution in [2.45, 2.75) is 6.18 Å². The van der Waals surface area contributed by atoms with Gasteiger partial charge in [-0.1, -0.05) is 6.07 Å². The zero-order chi connectivity index (χ0) is 19.3. The molecule has 1 aliphatic heterocycles. The second-order valence-corrected chi connectivity index (χ2v) is 8.67. The van der Waals surface area contributed by atoms with Gasteiger partial charge >= 0.3 is 6.18 Å². The number of pyridine rings is 1. The standard InChI is InChI=1S/C16H15F3N2O4S/c1-26(24,25)8-9-6-21(7-9)15(23)12-4-10-2-3-11(16(17,18)19)5-13(10)20-14(12)22/h2-5,9H,6-8H2,1H3,(H,20,22). The number of halogens is 3. The van der Waals surface area contributed by atoms with E-state index in [1.807, 2.05) is 0 Å². The number of carbonyl (C=O) groups excluding carboxylic acids is 1. The number of aromatic nitrogens is 1. The van der Waals surface area contributed by atoms with Gasteiger partial charge in [0.05, 0.1) is 11.3 Å². The zero-order valence-electron chi connectivity index (χ0n) is 13.6. The largest absolute Gasteiger partial charge is 0.416 e. The molecule has 1 aromatic carbocycles. The highest BCUT2D eigenvalue weighted by Gasteiger charge is 2.34. The van der Waals surface area contributed by atoms with Crippen molar-refractivity contribution in [2.75, 3.05) is 25.1 Å². The summed E-state index contributed by atoms with van der Waals surface area (Å²) < 4.78 is 60.7. The normalized spacial score (nSPS) is 15.9. The molecule has 1 amide bonds. The molecule has 26 heavy (non-hydrogen) atoms. The lowest BCUT2D eigenvalue weighted by Gasteiger charge is -2.38. The number of H-pyrrole nitrogens is 1. The third-order valence-corrected chi connectivity index (χ3v) is 5.26. The second-order valence-electron chi connectivity index (χ2n) is 6.48. The van der Waals surface area contributed by atoms with Crippen LogP contribution in [0.1, 0.15) is 15.9 Å². The monoisotopic (exact) mass is 388 g/mol. The lowest BCUT2D eigenvalue weighted by Crippen LogP contribution is -2.53. The van der Waals surface area contributed by atoms with Gasteiger partial charge in [-0.05, 0) is 23.6 Å². The number of aromatic amines is 1. The highest BCUT2D eigenvalue weighted by Crippen LogP contribution is 2.31. The summed E-state index contributed by atoms with van der Waals surface area (Å²) in [6, 6.07) is 4.13. The van der Waals surface area contributed by atoms with E-state index in [0.29, 0.717) is 5.39 Å². The molecule has 0 saturated carbocycles. The van der Waals surface area contributed by atoms with Gasteiger partial charge in [-0.2, -0.15) is 13.2 Å². The SMILES string of the molecule is CS(=O)(=O)CC1CN(C(=O)c2cc3ccc(C(F)(F)F)cc3[nH]c2=O)C1. The fourth-order valence-corrected chi connectivity index (χ4v) is 4.04. The van der Waals surface area contributed by atoms with E-state index in [4.69, 9.17) is 0 Å². The first-order chi connectivity index (χ1) is 11.9. The number of hydrogen-bond acceptors (Lipinski definition) is 4. The number of fused-ring (bicyclic) bond motifs is 1. The van der Waals surface area contributed by atoms with Crippen LogP contribution >= 0.6 is 0 Å². The molecule has 10 heteroatoms. The van der Waals surface area contributed by atoms with E-state index < -0.39 is 33.0 Å². The van der Waals surface area contributed by atoms with Crippen molar-refractivity contribution in [1.29, 1.82) is 0 Å². The Morgan fingerprint density at radius 3 is 2.50 bits per heavy atom. The maximum atomic E-state index is 12.7. The van der Waals surface area contributed by atoms with Crippen LogP contribution in [0.3, 0.4) is 0 Å².